The summed E-state index contributed by atoms with van der Waals surface area (Å²) in [5, 5.41) is 18.5. The second-order valence-electron chi connectivity index (χ2n) is 7.44. The fourth-order valence-electron chi connectivity index (χ4n) is 4.01. The molecule has 3 aliphatic heterocycles. The molecule has 5 rings (SSSR count). The second-order valence-corrected chi connectivity index (χ2v) is 7.44. The molecule has 0 bridgehead atoms. The maximum absolute atomic E-state index is 14.3. The molecule has 2 atom stereocenters. The molecule has 3 aliphatic rings. The number of hydrogen-bond acceptors (Lipinski definition) is 7. The first-order valence-electron chi connectivity index (χ1n) is 9.73. The molecule has 0 saturated carbocycles. The molecule has 0 aliphatic carbocycles. The highest BCUT2D eigenvalue weighted by Crippen LogP contribution is 2.32. The van der Waals surface area contributed by atoms with Crippen LogP contribution in [0.4, 0.5) is 14.6 Å². The molecule has 2 aromatic rings. The van der Waals surface area contributed by atoms with Crippen molar-refractivity contribution in [2.45, 2.75) is 18.4 Å². The molecule has 0 amide bonds. The summed E-state index contributed by atoms with van der Waals surface area (Å²) in [4.78, 5) is 13.4. The van der Waals surface area contributed by atoms with Crippen LogP contribution in [-0.4, -0.2) is 64.3 Å². The predicted molar refractivity (Wildman–Crippen MR) is 111 cm³/mol. The van der Waals surface area contributed by atoms with Gasteiger partial charge >= 0.3 is 0 Å². The number of allylic oxidation sites excluding steroid dienone is 2. The molecule has 3 N–H and O–H groups in total. The van der Waals surface area contributed by atoms with Crippen LogP contribution in [0.25, 0.3) is 5.52 Å². The third-order valence-corrected chi connectivity index (χ3v) is 5.57. The van der Waals surface area contributed by atoms with Crippen LogP contribution in [0, 0.1) is 11.3 Å². The van der Waals surface area contributed by atoms with Gasteiger partial charge < -0.3 is 16.0 Å². The van der Waals surface area contributed by atoms with E-state index in [9.17, 15) is 8.78 Å². The molecule has 0 spiro atoms. The van der Waals surface area contributed by atoms with E-state index in [-0.39, 0.29) is 24.0 Å². The summed E-state index contributed by atoms with van der Waals surface area (Å²) in [6.07, 6.45) is 9.40. The Labute approximate surface area is 171 Å². The van der Waals surface area contributed by atoms with Gasteiger partial charge in [0.25, 0.3) is 5.92 Å². The van der Waals surface area contributed by atoms with E-state index in [0.29, 0.717) is 17.9 Å². The van der Waals surface area contributed by atoms with Gasteiger partial charge in [0.15, 0.2) is 11.6 Å². The number of nitrogens with one attached hydrogen (secondary N) is 3. The quantitative estimate of drug-likeness (QED) is 0.672. The van der Waals surface area contributed by atoms with Crippen molar-refractivity contribution in [2.24, 2.45) is 15.9 Å². The first-order chi connectivity index (χ1) is 14.5. The molecule has 5 heterocycles. The van der Waals surface area contributed by atoms with Gasteiger partial charge in [0.1, 0.15) is 11.6 Å². The maximum atomic E-state index is 14.3. The molecule has 0 radical (unpaired) electrons. The van der Waals surface area contributed by atoms with E-state index in [1.54, 1.807) is 24.0 Å². The minimum atomic E-state index is -3.01. The average Bonchev–Trinajstić information content (AvgIpc) is 3.38. The SMILES string of the molecule is CNc1nc(C(=N)C2CCNCC2(F)F)nn2ccc(C3=NC4=CC=NC4C=C3)c12. The van der Waals surface area contributed by atoms with Gasteiger partial charge in [-0.1, -0.05) is 6.08 Å². The molecule has 154 valence electrons. The highest BCUT2D eigenvalue weighted by atomic mass is 19.3. The van der Waals surface area contributed by atoms with Crippen molar-refractivity contribution in [2.75, 3.05) is 25.5 Å². The van der Waals surface area contributed by atoms with E-state index in [1.807, 2.05) is 24.3 Å². The molecule has 2 unspecified atom stereocenters. The molecule has 10 heteroatoms. The number of aromatic nitrogens is 3. The van der Waals surface area contributed by atoms with Gasteiger partial charge in [-0.2, -0.15) is 0 Å². The summed E-state index contributed by atoms with van der Waals surface area (Å²) in [6.45, 7) is -0.00822. The Morgan fingerprint density at radius 1 is 1.40 bits per heavy atom. The van der Waals surface area contributed by atoms with Gasteiger partial charge in [-0.3, -0.25) is 9.98 Å². The normalized spacial score (nSPS) is 24.5. The Morgan fingerprint density at radius 3 is 3.07 bits per heavy atom. The Kier molecular flexibility index (Phi) is 4.31. The minimum absolute atomic E-state index is 0.00587. The van der Waals surface area contributed by atoms with Crippen LogP contribution < -0.4 is 10.6 Å². The minimum Gasteiger partial charge on any atom is -0.371 e. The van der Waals surface area contributed by atoms with E-state index in [4.69, 9.17) is 5.41 Å². The van der Waals surface area contributed by atoms with E-state index in [2.05, 4.69) is 30.7 Å². The lowest BCUT2D eigenvalue weighted by molar-refractivity contribution is -0.0475. The summed E-state index contributed by atoms with van der Waals surface area (Å²) in [6, 6.07) is 1.82. The molecule has 30 heavy (non-hydrogen) atoms. The molecule has 8 nitrogen and oxygen atoms in total. The van der Waals surface area contributed by atoms with Crippen LogP contribution in [0.1, 0.15) is 17.8 Å². The number of halogens is 2. The Balaban J connectivity index is 1.55. The van der Waals surface area contributed by atoms with Crippen molar-refractivity contribution in [1.82, 2.24) is 19.9 Å². The first kappa shape index (κ1) is 18.7. The number of rotatable bonds is 4. The molecular formula is C20H20F2N8. The Bertz CT molecular complexity index is 1160. The van der Waals surface area contributed by atoms with Crippen LogP contribution in [0.2, 0.25) is 0 Å². The largest absolute Gasteiger partial charge is 0.371 e. The molecule has 0 aromatic carbocycles. The van der Waals surface area contributed by atoms with Gasteiger partial charge in [0.2, 0.25) is 0 Å². The van der Waals surface area contributed by atoms with Crippen LogP contribution in [0.3, 0.4) is 0 Å². The number of fused-ring (bicyclic) bond motifs is 2. The van der Waals surface area contributed by atoms with Crippen LogP contribution in [0.15, 0.2) is 46.2 Å². The van der Waals surface area contributed by atoms with Crippen molar-refractivity contribution in [3.05, 3.63) is 47.6 Å². The van der Waals surface area contributed by atoms with Crippen molar-refractivity contribution in [1.29, 1.82) is 5.41 Å². The number of piperidine rings is 1. The summed E-state index contributed by atoms with van der Waals surface area (Å²) >= 11 is 0. The van der Waals surface area contributed by atoms with Crippen LogP contribution in [0.5, 0.6) is 0 Å². The zero-order valence-electron chi connectivity index (χ0n) is 16.2. The summed E-state index contributed by atoms with van der Waals surface area (Å²) in [5.41, 5.74) is 2.85. The summed E-state index contributed by atoms with van der Waals surface area (Å²) < 4.78 is 30.2. The van der Waals surface area contributed by atoms with Crippen molar-refractivity contribution < 1.29 is 8.78 Å². The zero-order valence-corrected chi connectivity index (χ0v) is 16.2. The van der Waals surface area contributed by atoms with Crippen molar-refractivity contribution >= 4 is 29.0 Å². The maximum Gasteiger partial charge on any atom is 0.268 e. The van der Waals surface area contributed by atoms with Crippen LogP contribution >= 0.6 is 0 Å². The first-order valence-corrected chi connectivity index (χ1v) is 9.73. The number of dihydropyridines is 1. The fourth-order valence-corrected chi connectivity index (χ4v) is 4.01. The fraction of sp³-hybridized carbons (Fsp3) is 0.350. The number of hydrogen-bond donors (Lipinski definition) is 3. The summed E-state index contributed by atoms with van der Waals surface area (Å²) in [7, 11) is 1.70. The molecule has 1 fully saturated rings. The van der Waals surface area contributed by atoms with Gasteiger partial charge in [0, 0.05) is 25.0 Å². The predicted octanol–water partition coefficient (Wildman–Crippen LogP) is 2.08. The van der Waals surface area contributed by atoms with Gasteiger partial charge in [-0.25, -0.2) is 18.3 Å². The lowest BCUT2D eigenvalue weighted by Crippen LogP contribution is -2.49. The Morgan fingerprint density at radius 2 is 2.27 bits per heavy atom. The number of nitrogens with zero attached hydrogens (tertiary/aromatic N) is 5. The van der Waals surface area contributed by atoms with E-state index >= 15 is 0 Å². The van der Waals surface area contributed by atoms with Gasteiger partial charge in [0.05, 0.1) is 29.6 Å². The van der Waals surface area contributed by atoms with E-state index in [0.717, 1.165) is 17.0 Å². The van der Waals surface area contributed by atoms with Gasteiger partial charge in [-0.15, -0.1) is 5.10 Å². The molecule has 2 aromatic heterocycles. The average molecular weight is 410 g/mol. The lowest BCUT2D eigenvalue weighted by Gasteiger charge is -2.31. The topological polar surface area (TPSA) is 103 Å². The highest BCUT2D eigenvalue weighted by molar-refractivity contribution is 6.16. The third kappa shape index (κ3) is 2.95. The second kappa shape index (κ2) is 6.91. The highest BCUT2D eigenvalue weighted by Gasteiger charge is 2.45. The number of aliphatic imine (C=N–C) groups is 2. The zero-order chi connectivity index (χ0) is 20.9. The smallest absolute Gasteiger partial charge is 0.268 e. The molecular weight excluding hydrogens is 390 g/mol. The van der Waals surface area contributed by atoms with E-state index in [1.165, 1.54) is 0 Å². The number of anilines is 1. The van der Waals surface area contributed by atoms with Crippen molar-refractivity contribution in [3.8, 4) is 0 Å². The monoisotopic (exact) mass is 410 g/mol. The van der Waals surface area contributed by atoms with Gasteiger partial charge in [-0.05, 0) is 31.2 Å². The Hall–Kier alpha value is -3.27. The summed E-state index contributed by atoms with van der Waals surface area (Å²) in [5.74, 6) is -3.77. The van der Waals surface area contributed by atoms with Crippen LogP contribution in [-0.2, 0) is 0 Å². The molecule has 1 saturated heterocycles. The van der Waals surface area contributed by atoms with Crippen molar-refractivity contribution in [3.63, 3.8) is 0 Å². The third-order valence-electron chi connectivity index (χ3n) is 5.57. The van der Waals surface area contributed by atoms with E-state index < -0.39 is 18.4 Å². The lowest BCUT2D eigenvalue weighted by atomic mass is 9.89. The standard InChI is InChI=1S/C20H20F2N8/c1-24-19-17-11(13-2-3-14-15(27-13)5-8-26-14)6-9-30(17)29-18(28-19)16(23)12-4-7-25-10-20(12,21)22/h2-3,5-6,8-9,12,14,23,25H,4,7,10H2,1H3,(H,24,28,29). The number of alkyl halides is 2.